The monoisotopic (exact) mass is 354 g/mol. The maximum absolute atomic E-state index is 11.5. The number of ether oxygens (including phenoxy) is 1. The van der Waals surface area contributed by atoms with Crippen LogP contribution >= 0.6 is 15.9 Å². The van der Waals surface area contributed by atoms with E-state index in [1.54, 1.807) is 18.2 Å². The van der Waals surface area contributed by atoms with Crippen LogP contribution in [0.4, 0.5) is 0 Å². The molecule has 0 heterocycles. The Hall–Kier alpha value is -1.33. The number of halogens is 1. The Morgan fingerprint density at radius 1 is 1.15 bits per heavy atom. The summed E-state index contributed by atoms with van der Waals surface area (Å²) >= 11 is 3.41. The van der Waals surface area contributed by atoms with Crippen LogP contribution in [0.25, 0.3) is 0 Å². The van der Waals surface area contributed by atoms with Crippen LogP contribution in [0.5, 0.6) is 11.5 Å². The van der Waals surface area contributed by atoms with E-state index in [2.05, 4.69) is 15.9 Å². The molecule has 0 aromatic heterocycles. The van der Waals surface area contributed by atoms with Crippen LogP contribution in [0.2, 0.25) is 0 Å². The first-order valence-electron chi connectivity index (χ1n) is 6.03. The summed E-state index contributed by atoms with van der Waals surface area (Å²) in [7, 11) is -3.22. The first-order chi connectivity index (χ1) is 9.40. The van der Waals surface area contributed by atoms with Crippen molar-refractivity contribution >= 4 is 25.8 Å². The number of alkyl halides is 1. The van der Waals surface area contributed by atoms with Crippen molar-refractivity contribution in [3.8, 4) is 11.5 Å². The summed E-state index contributed by atoms with van der Waals surface area (Å²) in [5.41, 5.74) is 2.17. The fourth-order valence-electron chi connectivity index (χ4n) is 1.80. The molecule has 0 aliphatic rings. The smallest absolute Gasteiger partial charge is 0.175 e. The summed E-state index contributed by atoms with van der Waals surface area (Å²) in [6, 6.07) is 12.4. The minimum absolute atomic E-state index is 0.254. The predicted molar refractivity (Wildman–Crippen MR) is 83.4 cm³/mol. The molecule has 5 heteroatoms. The second kappa shape index (κ2) is 5.97. The van der Waals surface area contributed by atoms with E-state index >= 15 is 0 Å². The van der Waals surface area contributed by atoms with Gasteiger partial charge in [-0.1, -0.05) is 34.1 Å². The van der Waals surface area contributed by atoms with Crippen molar-refractivity contribution in [3.05, 3.63) is 53.6 Å². The SMILES string of the molecule is Cc1cc(CBr)ccc1Oc1cccc(S(C)(=O)=O)c1. The Balaban J connectivity index is 2.31. The molecular formula is C15H15BrO3S. The number of sulfone groups is 1. The van der Waals surface area contributed by atoms with E-state index in [-0.39, 0.29) is 4.90 Å². The Kier molecular flexibility index (Phi) is 4.50. The zero-order chi connectivity index (χ0) is 14.8. The third-order valence-corrected chi connectivity index (χ3v) is 4.61. The molecule has 0 unspecified atom stereocenters. The molecular weight excluding hydrogens is 340 g/mol. The first kappa shape index (κ1) is 15.1. The van der Waals surface area contributed by atoms with E-state index in [9.17, 15) is 8.42 Å². The van der Waals surface area contributed by atoms with Gasteiger partial charge in [0.05, 0.1) is 4.90 Å². The molecule has 0 amide bonds. The molecule has 0 aliphatic heterocycles. The molecule has 3 nitrogen and oxygen atoms in total. The fourth-order valence-corrected chi connectivity index (χ4v) is 2.81. The van der Waals surface area contributed by atoms with Crippen molar-refractivity contribution in [2.75, 3.05) is 6.26 Å². The van der Waals surface area contributed by atoms with Gasteiger partial charge >= 0.3 is 0 Å². The molecule has 0 fully saturated rings. The lowest BCUT2D eigenvalue weighted by molar-refractivity contribution is 0.477. The van der Waals surface area contributed by atoms with Crippen molar-refractivity contribution in [3.63, 3.8) is 0 Å². The van der Waals surface area contributed by atoms with E-state index in [1.807, 2.05) is 25.1 Å². The molecule has 2 aromatic carbocycles. The van der Waals surface area contributed by atoms with Crippen molar-refractivity contribution in [2.45, 2.75) is 17.1 Å². The summed E-state index contributed by atoms with van der Waals surface area (Å²) < 4.78 is 28.8. The highest BCUT2D eigenvalue weighted by molar-refractivity contribution is 9.08. The summed E-state index contributed by atoms with van der Waals surface area (Å²) in [5, 5.41) is 0.789. The second-order valence-electron chi connectivity index (χ2n) is 4.58. The van der Waals surface area contributed by atoms with Gasteiger partial charge in [0.2, 0.25) is 0 Å². The van der Waals surface area contributed by atoms with Crippen molar-refractivity contribution < 1.29 is 13.2 Å². The van der Waals surface area contributed by atoms with Crippen LogP contribution in [-0.4, -0.2) is 14.7 Å². The normalized spacial score (nSPS) is 11.3. The Bertz CT molecular complexity index is 724. The molecule has 0 bridgehead atoms. The Morgan fingerprint density at radius 3 is 2.50 bits per heavy atom. The largest absolute Gasteiger partial charge is 0.457 e. The first-order valence-corrected chi connectivity index (χ1v) is 9.05. The van der Waals surface area contributed by atoms with Crippen LogP contribution in [0, 0.1) is 6.92 Å². The van der Waals surface area contributed by atoms with Gasteiger partial charge in [-0.15, -0.1) is 0 Å². The van der Waals surface area contributed by atoms with E-state index in [0.717, 1.165) is 16.6 Å². The lowest BCUT2D eigenvalue weighted by Crippen LogP contribution is -1.97. The molecule has 2 aromatic rings. The third kappa shape index (κ3) is 3.61. The Morgan fingerprint density at radius 2 is 1.90 bits per heavy atom. The van der Waals surface area contributed by atoms with E-state index in [4.69, 9.17) is 4.74 Å². The van der Waals surface area contributed by atoms with Gasteiger partial charge in [-0.25, -0.2) is 8.42 Å². The van der Waals surface area contributed by atoms with Gasteiger partial charge in [-0.2, -0.15) is 0 Å². The molecule has 0 saturated carbocycles. The Labute approximate surface area is 127 Å². The zero-order valence-corrected chi connectivity index (χ0v) is 13.7. The van der Waals surface area contributed by atoms with Gasteiger partial charge in [0.25, 0.3) is 0 Å². The molecule has 20 heavy (non-hydrogen) atoms. The standard InChI is InChI=1S/C15H15BrO3S/c1-11-8-12(10-16)6-7-15(11)19-13-4-3-5-14(9-13)20(2,17)18/h3-9H,10H2,1-2H3. The lowest BCUT2D eigenvalue weighted by atomic mass is 10.1. The van der Waals surface area contributed by atoms with Crippen LogP contribution in [-0.2, 0) is 15.2 Å². The summed E-state index contributed by atoms with van der Waals surface area (Å²) in [5.74, 6) is 1.24. The zero-order valence-electron chi connectivity index (χ0n) is 11.3. The van der Waals surface area contributed by atoms with Gasteiger partial charge in [0.15, 0.2) is 9.84 Å². The van der Waals surface area contributed by atoms with Gasteiger partial charge in [-0.3, -0.25) is 0 Å². The third-order valence-electron chi connectivity index (χ3n) is 2.86. The highest BCUT2D eigenvalue weighted by atomic mass is 79.9. The summed E-state index contributed by atoms with van der Waals surface area (Å²) in [6.45, 7) is 1.96. The molecule has 0 radical (unpaired) electrons. The number of aryl methyl sites for hydroxylation is 1. The molecule has 106 valence electrons. The molecule has 0 atom stereocenters. The maximum Gasteiger partial charge on any atom is 0.175 e. The quantitative estimate of drug-likeness (QED) is 0.776. The van der Waals surface area contributed by atoms with Gasteiger partial charge < -0.3 is 4.74 Å². The van der Waals surface area contributed by atoms with Crippen molar-refractivity contribution in [2.24, 2.45) is 0 Å². The van der Waals surface area contributed by atoms with Gasteiger partial charge in [0, 0.05) is 11.6 Å². The number of rotatable bonds is 4. The van der Waals surface area contributed by atoms with Crippen LogP contribution in [0.1, 0.15) is 11.1 Å². The lowest BCUT2D eigenvalue weighted by Gasteiger charge is -2.10. The average molecular weight is 355 g/mol. The number of benzene rings is 2. The highest BCUT2D eigenvalue weighted by Gasteiger charge is 2.09. The topological polar surface area (TPSA) is 43.4 Å². The fraction of sp³-hybridized carbons (Fsp3) is 0.200. The van der Waals surface area contributed by atoms with E-state index < -0.39 is 9.84 Å². The van der Waals surface area contributed by atoms with Crippen molar-refractivity contribution in [1.82, 2.24) is 0 Å². The van der Waals surface area contributed by atoms with Crippen LogP contribution in [0.15, 0.2) is 47.4 Å². The summed E-state index contributed by atoms with van der Waals surface area (Å²) in [6.07, 6.45) is 1.18. The predicted octanol–water partition coefficient (Wildman–Crippen LogP) is 4.09. The average Bonchev–Trinajstić information content (AvgIpc) is 2.40. The molecule has 2 rings (SSSR count). The van der Waals surface area contributed by atoms with Gasteiger partial charge in [0.1, 0.15) is 11.5 Å². The molecule has 0 aliphatic carbocycles. The minimum Gasteiger partial charge on any atom is -0.457 e. The van der Waals surface area contributed by atoms with Gasteiger partial charge in [-0.05, 0) is 42.3 Å². The minimum atomic E-state index is -3.22. The number of hydrogen-bond acceptors (Lipinski definition) is 3. The number of hydrogen-bond donors (Lipinski definition) is 0. The summed E-state index contributed by atoms with van der Waals surface area (Å²) in [4.78, 5) is 0.254. The maximum atomic E-state index is 11.5. The van der Waals surface area contributed by atoms with E-state index in [0.29, 0.717) is 5.75 Å². The van der Waals surface area contributed by atoms with Crippen molar-refractivity contribution in [1.29, 1.82) is 0 Å². The second-order valence-corrected chi connectivity index (χ2v) is 7.16. The van der Waals surface area contributed by atoms with Crippen LogP contribution < -0.4 is 4.74 Å². The molecule has 0 saturated heterocycles. The molecule has 0 N–H and O–H groups in total. The van der Waals surface area contributed by atoms with E-state index in [1.165, 1.54) is 17.9 Å². The molecule has 0 spiro atoms. The highest BCUT2D eigenvalue weighted by Crippen LogP contribution is 2.27. The van der Waals surface area contributed by atoms with Crippen LogP contribution in [0.3, 0.4) is 0 Å².